The van der Waals surface area contributed by atoms with E-state index < -0.39 is 0 Å². The van der Waals surface area contributed by atoms with Crippen LogP contribution in [0.25, 0.3) is 0 Å². The molecule has 1 unspecified atom stereocenters. The molecule has 0 spiro atoms. The lowest BCUT2D eigenvalue weighted by Gasteiger charge is -2.13. The monoisotopic (exact) mass is 520 g/mol. The van der Waals surface area contributed by atoms with Crippen molar-refractivity contribution in [2.45, 2.75) is 188 Å². The Morgan fingerprint density at radius 1 is 0.486 bits per heavy atom. The second-order valence-corrected chi connectivity index (χ2v) is 12.8. The van der Waals surface area contributed by atoms with Crippen LogP contribution in [0.1, 0.15) is 188 Å². The molecule has 1 heteroatoms. The van der Waals surface area contributed by atoms with Crippen molar-refractivity contribution in [3.63, 3.8) is 0 Å². The van der Waals surface area contributed by atoms with Gasteiger partial charge in [-0.1, -0.05) is 174 Å². The van der Waals surface area contributed by atoms with E-state index in [-0.39, 0.29) is 0 Å². The molecule has 0 aromatic heterocycles. The highest BCUT2D eigenvalue weighted by Crippen LogP contribution is 2.22. The Bertz CT molecular complexity index is 440. The maximum absolute atomic E-state index is 2.60. The van der Waals surface area contributed by atoms with Crippen molar-refractivity contribution in [3.05, 3.63) is 12.2 Å². The Labute approximate surface area is 237 Å². The van der Waals surface area contributed by atoms with E-state index in [9.17, 15) is 0 Å². The van der Waals surface area contributed by atoms with Crippen molar-refractivity contribution in [1.29, 1.82) is 0 Å². The molecule has 0 aliphatic carbocycles. The van der Waals surface area contributed by atoms with Crippen LogP contribution >= 0.6 is 0 Å². The first-order valence-electron chi connectivity index (χ1n) is 17.4. The normalized spacial score (nSPS) is 13.7. The molecule has 0 saturated heterocycles. The van der Waals surface area contributed by atoms with E-state index in [1.54, 1.807) is 0 Å². The summed E-state index contributed by atoms with van der Waals surface area (Å²) >= 11 is 0. The van der Waals surface area contributed by atoms with Crippen molar-refractivity contribution >= 4 is 0 Å². The minimum Gasteiger partial charge on any atom is -0.309 e. The summed E-state index contributed by atoms with van der Waals surface area (Å²) in [6, 6.07) is 0. The Morgan fingerprint density at radius 3 is 1.30 bits per heavy atom. The SMILES string of the molecule is CCCCCCCCCC(/C=C/CCCN(C)C)CCCCCCCCCCC[C@H](C)CCCCCC. The van der Waals surface area contributed by atoms with Crippen LogP contribution in [0, 0.1) is 11.8 Å². The van der Waals surface area contributed by atoms with E-state index >= 15 is 0 Å². The summed E-state index contributed by atoms with van der Waals surface area (Å²) in [5.41, 5.74) is 0. The number of allylic oxidation sites excluding steroid dienone is 2. The van der Waals surface area contributed by atoms with Gasteiger partial charge in [-0.05, 0) is 58.2 Å². The molecule has 0 saturated carbocycles. The summed E-state index contributed by atoms with van der Waals surface area (Å²) in [4.78, 5) is 2.31. The molecular weight excluding hydrogens is 446 g/mol. The van der Waals surface area contributed by atoms with Gasteiger partial charge in [0.2, 0.25) is 0 Å². The molecule has 0 N–H and O–H groups in total. The molecule has 0 aromatic carbocycles. The van der Waals surface area contributed by atoms with Gasteiger partial charge in [-0.2, -0.15) is 0 Å². The minimum absolute atomic E-state index is 0.837. The average Bonchev–Trinajstić information content (AvgIpc) is 2.88. The zero-order valence-electron chi connectivity index (χ0n) is 26.8. The van der Waals surface area contributed by atoms with E-state index in [1.165, 1.54) is 173 Å². The molecular formula is C36H73N. The second-order valence-electron chi connectivity index (χ2n) is 12.8. The molecule has 0 aliphatic rings. The topological polar surface area (TPSA) is 3.24 Å². The van der Waals surface area contributed by atoms with Crippen LogP contribution in [0.2, 0.25) is 0 Å². The molecule has 0 fully saturated rings. The van der Waals surface area contributed by atoms with Crippen molar-refractivity contribution in [2.75, 3.05) is 20.6 Å². The molecule has 0 heterocycles. The lowest BCUT2D eigenvalue weighted by Crippen LogP contribution is -2.12. The van der Waals surface area contributed by atoms with Crippen molar-refractivity contribution in [1.82, 2.24) is 4.90 Å². The van der Waals surface area contributed by atoms with Crippen LogP contribution in [0.5, 0.6) is 0 Å². The van der Waals surface area contributed by atoms with E-state index in [1.807, 2.05) is 0 Å². The largest absolute Gasteiger partial charge is 0.309 e. The van der Waals surface area contributed by atoms with Gasteiger partial charge in [0.05, 0.1) is 0 Å². The van der Waals surface area contributed by atoms with Gasteiger partial charge < -0.3 is 4.90 Å². The Kier molecular flexibility index (Phi) is 30.0. The molecule has 0 bridgehead atoms. The standard InChI is InChI=1S/C36H73N/c1-6-8-10-12-16-20-25-31-36(33-27-22-28-34-37(4)5)32-26-21-18-15-13-14-17-19-24-30-35(3)29-23-11-9-7-2/h27,33,35-36H,6-26,28-32,34H2,1-5H3/b33-27+/t35-,36?/m1/s1. The van der Waals surface area contributed by atoms with E-state index in [0.29, 0.717) is 0 Å². The Morgan fingerprint density at radius 2 is 0.865 bits per heavy atom. The lowest BCUT2D eigenvalue weighted by molar-refractivity contribution is 0.401. The average molecular weight is 520 g/mol. The fourth-order valence-corrected chi connectivity index (χ4v) is 5.72. The van der Waals surface area contributed by atoms with Crippen LogP contribution in [0.15, 0.2) is 12.2 Å². The molecule has 0 aliphatic heterocycles. The maximum Gasteiger partial charge on any atom is -0.00219 e. The smallest absolute Gasteiger partial charge is 0.00219 e. The van der Waals surface area contributed by atoms with Gasteiger partial charge in [0, 0.05) is 0 Å². The third kappa shape index (κ3) is 30.1. The van der Waals surface area contributed by atoms with E-state index in [2.05, 4.69) is 51.9 Å². The van der Waals surface area contributed by atoms with E-state index in [0.717, 1.165) is 11.8 Å². The fraction of sp³-hybridized carbons (Fsp3) is 0.944. The quantitative estimate of drug-likeness (QED) is 0.0673. The van der Waals surface area contributed by atoms with Crippen LogP contribution in [0.4, 0.5) is 0 Å². The molecule has 0 amide bonds. The van der Waals surface area contributed by atoms with Crippen LogP contribution in [-0.2, 0) is 0 Å². The molecule has 222 valence electrons. The molecule has 0 rings (SSSR count). The van der Waals surface area contributed by atoms with Gasteiger partial charge >= 0.3 is 0 Å². The molecule has 0 radical (unpaired) electrons. The number of hydrogen-bond acceptors (Lipinski definition) is 1. The third-order valence-corrected chi connectivity index (χ3v) is 8.39. The maximum atomic E-state index is 2.60. The number of rotatable bonds is 30. The van der Waals surface area contributed by atoms with Crippen molar-refractivity contribution in [3.8, 4) is 0 Å². The minimum atomic E-state index is 0.837. The zero-order valence-corrected chi connectivity index (χ0v) is 26.8. The molecule has 37 heavy (non-hydrogen) atoms. The summed E-state index contributed by atoms with van der Waals surface area (Å²) in [5.74, 6) is 1.79. The summed E-state index contributed by atoms with van der Waals surface area (Å²) in [6.07, 6.45) is 42.4. The predicted molar refractivity (Wildman–Crippen MR) is 172 cm³/mol. The first-order chi connectivity index (χ1) is 18.1. The van der Waals surface area contributed by atoms with Gasteiger partial charge in [-0.15, -0.1) is 0 Å². The number of hydrogen-bond donors (Lipinski definition) is 0. The highest BCUT2D eigenvalue weighted by atomic mass is 15.0. The number of nitrogens with zero attached hydrogens (tertiary/aromatic N) is 1. The third-order valence-electron chi connectivity index (χ3n) is 8.39. The van der Waals surface area contributed by atoms with Gasteiger partial charge in [0.1, 0.15) is 0 Å². The summed E-state index contributed by atoms with van der Waals surface area (Å²) in [6.45, 7) is 8.32. The molecule has 0 aromatic rings. The molecule has 2 atom stereocenters. The molecule has 1 nitrogen and oxygen atoms in total. The van der Waals surface area contributed by atoms with Crippen LogP contribution in [-0.4, -0.2) is 25.5 Å². The second kappa shape index (κ2) is 30.2. The fourth-order valence-electron chi connectivity index (χ4n) is 5.72. The van der Waals surface area contributed by atoms with Crippen LogP contribution < -0.4 is 0 Å². The van der Waals surface area contributed by atoms with Gasteiger partial charge in [0.15, 0.2) is 0 Å². The zero-order chi connectivity index (χ0) is 27.2. The summed E-state index contributed by atoms with van der Waals surface area (Å²) < 4.78 is 0. The predicted octanol–water partition coefficient (Wildman–Crippen LogP) is 12.5. The van der Waals surface area contributed by atoms with Crippen molar-refractivity contribution in [2.24, 2.45) is 11.8 Å². The van der Waals surface area contributed by atoms with Crippen molar-refractivity contribution < 1.29 is 0 Å². The Hall–Kier alpha value is -0.300. The summed E-state index contributed by atoms with van der Waals surface area (Å²) in [7, 11) is 4.37. The van der Waals surface area contributed by atoms with Gasteiger partial charge in [0.25, 0.3) is 0 Å². The highest BCUT2D eigenvalue weighted by Gasteiger charge is 2.06. The van der Waals surface area contributed by atoms with Crippen LogP contribution in [0.3, 0.4) is 0 Å². The number of unbranched alkanes of at least 4 members (excludes halogenated alkanes) is 18. The highest BCUT2D eigenvalue weighted by molar-refractivity contribution is 4.88. The first kappa shape index (κ1) is 36.7. The van der Waals surface area contributed by atoms with E-state index in [4.69, 9.17) is 0 Å². The summed E-state index contributed by atoms with van der Waals surface area (Å²) in [5, 5.41) is 0. The van der Waals surface area contributed by atoms with Gasteiger partial charge in [-0.3, -0.25) is 0 Å². The lowest BCUT2D eigenvalue weighted by atomic mass is 9.93. The Balaban J connectivity index is 3.80. The first-order valence-corrected chi connectivity index (χ1v) is 17.4. The van der Waals surface area contributed by atoms with Gasteiger partial charge in [-0.25, -0.2) is 0 Å².